The smallest absolute Gasteiger partial charge is 0.462 e. The van der Waals surface area contributed by atoms with Gasteiger partial charge >= 0.3 is 39.5 Å². The van der Waals surface area contributed by atoms with Crippen molar-refractivity contribution in [2.45, 2.75) is 368 Å². The van der Waals surface area contributed by atoms with E-state index >= 15 is 0 Å². The van der Waals surface area contributed by atoms with Gasteiger partial charge in [-0.15, -0.1) is 0 Å². The molecule has 0 aliphatic carbocycles. The molecule has 17 nitrogen and oxygen atoms in total. The topological polar surface area (TPSA) is 237 Å². The minimum absolute atomic E-state index is 0.100. The van der Waals surface area contributed by atoms with E-state index in [1.807, 2.05) is 0 Å². The van der Waals surface area contributed by atoms with Crippen molar-refractivity contribution in [1.82, 2.24) is 0 Å². The van der Waals surface area contributed by atoms with Gasteiger partial charge in [0.15, 0.2) is 12.2 Å². The lowest BCUT2D eigenvalue weighted by Gasteiger charge is -2.21. The van der Waals surface area contributed by atoms with E-state index in [2.05, 4.69) is 65.8 Å². The number of esters is 4. The van der Waals surface area contributed by atoms with Gasteiger partial charge in [-0.25, -0.2) is 9.13 Å². The van der Waals surface area contributed by atoms with Gasteiger partial charge in [-0.2, -0.15) is 0 Å². The molecule has 0 radical (unpaired) electrons. The predicted molar refractivity (Wildman–Crippen MR) is 372 cm³/mol. The molecule has 0 aromatic carbocycles. The third-order valence-electron chi connectivity index (χ3n) is 16.7. The fourth-order valence-corrected chi connectivity index (χ4v) is 12.1. The summed E-state index contributed by atoms with van der Waals surface area (Å²) in [5.41, 5.74) is 0. The van der Waals surface area contributed by atoms with E-state index in [-0.39, 0.29) is 25.7 Å². The average molecular weight is 1350 g/mol. The zero-order valence-electron chi connectivity index (χ0n) is 59.3. The van der Waals surface area contributed by atoms with Gasteiger partial charge in [0.2, 0.25) is 0 Å². The Morgan fingerprint density at radius 3 is 0.978 bits per heavy atom. The Kier molecular flexibility index (Phi) is 62.8. The second kappa shape index (κ2) is 64.5. The predicted octanol–water partition coefficient (Wildman–Crippen LogP) is 20.7. The van der Waals surface area contributed by atoms with Crippen LogP contribution in [-0.4, -0.2) is 96.7 Å². The van der Waals surface area contributed by atoms with Gasteiger partial charge < -0.3 is 33.8 Å². The molecule has 0 aromatic heterocycles. The Morgan fingerprint density at radius 2 is 0.641 bits per heavy atom. The van der Waals surface area contributed by atoms with E-state index in [0.717, 1.165) is 127 Å². The monoisotopic (exact) mass is 1350 g/mol. The van der Waals surface area contributed by atoms with Crippen LogP contribution in [0.5, 0.6) is 0 Å². The van der Waals surface area contributed by atoms with Gasteiger partial charge in [-0.1, -0.05) is 297 Å². The van der Waals surface area contributed by atoms with Gasteiger partial charge in [0, 0.05) is 25.7 Å². The summed E-state index contributed by atoms with van der Waals surface area (Å²) in [7, 11) is -9.91. The molecule has 6 atom stereocenters. The average Bonchev–Trinajstić information content (AvgIpc) is 1.81. The fraction of sp³-hybridized carbons (Fsp3) is 0.890. The van der Waals surface area contributed by atoms with Crippen molar-refractivity contribution >= 4 is 39.5 Å². The molecule has 542 valence electrons. The maximum atomic E-state index is 13.0. The molecule has 0 aliphatic heterocycles. The molecular formula is C73H138O17P2. The van der Waals surface area contributed by atoms with Crippen molar-refractivity contribution in [3.05, 3.63) is 24.3 Å². The Bertz CT molecular complexity index is 1880. The van der Waals surface area contributed by atoms with Crippen LogP contribution in [-0.2, 0) is 65.4 Å². The number of hydrogen-bond donors (Lipinski definition) is 3. The summed E-state index contributed by atoms with van der Waals surface area (Å²) >= 11 is 0. The lowest BCUT2D eigenvalue weighted by Crippen LogP contribution is -2.30. The van der Waals surface area contributed by atoms with E-state index in [4.69, 9.17) is 37.0 Å². The van der Waals surface area contributed by atoms with Gasteiger partial charge in [0.25, 0.3) is 0 Å². The largest absolute Gasteiger partial charge is 0.472 e. The molecule has 0 saturated heterocycles. The Morgan fingerprint density at radius 1 is 0.359 bits per heavy atom. The zero-order valence-corrected chi connectivity index (χ0v) is 61.1. The quantitative estimate of drug-likeness (QED) is 0.0169. The number of hydrogen-bond acceptors (Lipinski definition) is 15. The second-order valence-corrected chi connectivity index (χ2v) is 29.3. The lowest BCUT2D eigenvalue weighted by atomic mass is 9.99. The van der Waals surface area contributed by atoms with Gasteiger partial charge in [0.05, 0.1) is 26.4 Å². The zero-order chi connectivity index (χ0) is 67.9. The van der Waals surface area contributed by atoms with Crippen LogP contribution in [0.2, 0.25) is 0 Å². The summed E-state index contributed by atoms with van der Waals surface area (Å²) in [5.74, 6) is -0.593. The van der Waals surface area contributed by atoms with Gasteiger partial charge in [0.1, 0.15) is 19.3 Å². The summed E-state index contributed by atoms with van der Waals surface area (Å²) < 4.78 is 68.3. The highest BCUT2D eigenvalue weighted by atomic mass is 31.2. The first-order valence-electron chi connectivity index (χ1n) is 37.3. The van der Waals surface area contributed by atoms with E-state index < -0.39 is 97.5 Å². The second-order valence-electron chi connectivity index (χ2n) is 26.4. The molecule has 0 spiro atoms. The molecular weight excluding hydrogens is 1210 g/mol. The Balaban J connectivity index is 5.26. The highest BCUT2D eigenvalue weighted by molar-refractivity contribution is 7.47. The van der Waals surface area contributed by atoms with Crippen LogP contribution >= 0.6 is 15.6 Å². The number of ether oxygens (including phenoxy) is 4. The highest BCUT2D eigenvalue weighted by Crippen LogP contribution is 2.45. The summed E-state index contributed by atoms with van der Waals surface area (Å²) in [6, 6.07) is 0. The summed E-state index contributed by atoms with van der Waals surface area (Å²) in [4.78, 5) is 72.6. The van der Waals surface area contributed by atoms with Crippen molar-refractivity contribution < 1.29 is 80.2 Å². The number of allylic oxidation sites excluding steroid dienone is 4. The van der Waals surface area contributed by atoms with Crippen LogP contribution in [0, 0.1) is 11.8 Å². The molecule has 0 aromatic rings. The molecule has 0 aliphatic rings. The molecule has 0 rings (SSSR count). The lowest BCUT2D eigenvalue weighted by molar-refractivity contribution is -0.161. The standard InChI is InChI=1S/C73H138O17P2/c1-7-10-12-14-16-18-19-20-21-25-28-31-38-44-50-56-71(76)84-62-69(89-72(77)57-51-45-39-32-29-26-23-22-24-27-30-35-41-47-53-65(4)5)64-88-92(81,82)86-60-67(74)59-85-91(79,80)87-63-68(61-83-70(75)55-49-43-37-17-15-13-11-8-2)90-73(78)58-52-46-40-34-33-36-42-48-54-66(6)9-3/h18-21,65-69,74H,7-17,22-64H2,1-6H3,(H,79,80)(H,81,82)/b19-18-,21-20-/t66?,67-,68+,69+/m0/s1. The minimum Gasteiger partial charge on any atom is -0.462 e. The maximum absolute atomic E-state index is 13.0. The molecule has 3 N–H and O–H groups in total. The first-order chi connectivity index (χ1) is 44.4. The van der Waals surface area contributed by atoms with Crippen molar-refractivity contribution in [2.75, 3.05) is 39.6 Å². The summed E-state index contributed by atoms with van der Waals surface area (Å²) in [6.07, 6.45) is 53.5. The molecule has 0 bridgehead atoms. The number of aliphatic hydroxyl groups is 1. The van der Waals surface area contributed by atoms with E-state index in [1.165, 1.54) is 141 Å². The summed E-state index contributed by atoms with van der Waals surface area (Å²) in [5, 5.41) is 10.6. The molecule has 0 amide bonds. The van der Waals surface area contributed by atoms with E-state index in [1.54, 1.807) is 0 Å². The van der Waals surface area contributed by atoms with Crippen LogP contribution in [0.4, 0.5) is 0 Å². The molecule has 19 heteroatoms. The molecule has 3 unspecified atom stereocenters. The molecule has 92 heavy (non-hydrogen) atoms. The minimum atomic E-state index is -4.96. The van der Waals surface area contributed by atoms with Crippen LogP contribution in [0.15, 0.2) is 24.3 Å². The van der Waals surface area contributed by atoms with E-state index in [9.17, 15) is 43.2 Å². The maximum Gasteiger partial charge on any atom is 0.472 e. The van der Waals surface area contributed by atoms with Crippen LogP contribution < -0.4 is 0 Å². The number of aliphatic hydroxyl groups excluding tert-OH is 1. The van der Waals surface area contributed by atoms with Crippen molar-refractivity contribution in [3.63, 3.8) is 0 Å². The molecule has 0 fully saturated rings. The summed E-state index contributed by atoms with van der Waals surface area (Å²) in [6.45, 7) is 9.49. The number of rotatable bonds is 70. The first-order valence-corrected chi connectivity index (χ1v) is 40.3. The number of unbranched alkanes of at least 4 members (excludes halogenated alkanes) is 36. The SMILES string of the molecule is CCCCCC/C=C\C=C/CCCCCCCC(=O)OC[C@H](COP(=O)(O)OC[C@@H](O)COP(=O)(O)OC[C@@H](COC(=O)CCCCCCCCCC)OC(=O)CCCCCCCCCCC(C)CC)OC(=O)CCCCCCCCCCCCCCCCC(C)C. The number of carbonyl (C=O) groups is 4. The van der Waals surface area contributed by atoms with Crippen molar-refractivity contribution in [1.29, 1.82) is 0 Å². The Labute approximate surface area is 561 Å². The van der Waals surface area contributed by atoms with Crippen molar-refractivity contribution in [2.24, 2.45) is 11.8 Å². The normalized spacial score (nSPS) is 14.5. The van der Waals surface area contributed by atoms with Crippen LogP contribution in [0.3, 0.4) is 0 Å². The Hall–Kier alpha value is -2.46. The third-order valence-corrected chi connectivity index (χ3v) is 18.6. The van der Waals surface area contributed by atoms with Crippen molar-refractivity contribution in [3.8, 4) is 0 Å². The highest BCUT2D eigenvalue weighted by Gasteiger charge is 2.30. The number of phosphoric acid groups is 2. The van der Waals surface area contributed by atoms with Crippen LogP contribution in [0.1, 0.15) is 350 Å². The number of phosphoric ester groups is 2. The van der Waals surface area contributed by atoms with Gasteiger partial charge in [-0.05, 0) is 63.2 Å². The fourth-order valence-electron chi connectivity index (χ4n) is 10.5. The molecule has 0 saturated carbocycles. The number of carbonyl (C=O) groups excluding carboxylic acids is 4. The van der Waals surface area contributed by atoms with Crippen LogP contribution in [0.25, 0.3) is 0 Å². The van der Waals surface area contributed by atoms with E-state index in [0.29, 0.717) is 25.7 Å². The third kappa shape index (κ3) is 64.9. The molecule has 0 heterocycles. The van der Waals surface area contributed by atoms with Gasteiger partial charge in [-0.3, -0.25) is 37.3 Å². The first kappa shape index (κ1) is 89.5.